The molecule has 1 atom stereocenters. The Bertz CT molecular complexity index is 595. The van der Waals surface area contributed by atoms with Crippen molar-refractivity contribution in [3.05, 3.63) is 28.2 Å². The Kier molecular flexibility index (Phi) is 6.84. The summed E-state index contributed by atoms with van der Waals surface area (Å²) in [6, 6.07) is 6.06. The summed E-state index contributed by atoms with van der Waals surface area (Å²) in [5.74, 6) is 0.270. The van der Waals surface area contributed by atoms with Gasteiger partial charge in [-0.15, -0.1) is 0 Å². The first kappa shape index (κ1) is 19.0. The van der Waals surface area contributed by atoms with Gasteiger partial charge in [0.15, 0.2) is 0 Å². The number of aryl methyl sites for hydroxylation is 1. The van der Waals surface area contributed by atoms with Crippen molar-refractivity contribution in [1.82, 2.24) is 5.32 Å². The number of rotatable bonds is 5. The van der Waals surface area contributed by atoms with Crippen molar-refractivity contribution in [2.75, 3.05) is 5.32 Å². The topological polar surface area (TPSA) is 58.2 Å². The zero-order chi connectivity index (χ0) is 17.7. The molecule has 2 N–H and O–H groups in total. The van der Waals surface area contributed by atoms with E-state index in [9.17, 15) is 9.59 Å². The van der Waals surface area contributed by atoms with E-state index in [4.69, 9.17) is 0 Å². The average molecular weight is 395 g/mol. The molecular formula is C19H27BrN2O2. The van der Waals surface area contributed by atoms with Gasteiger partial charge in [0.05, 0.1) is 0 Å². The van der Waals surface area contributed by atoms with Gasteiger partial charge in [-0.2, -0.15) is 0 Å². The lowest BCUT2D eigenvalue weighted by Gasteiger charge is -2.28. The van der Waals surface area contributed by atoms with Crippen molar-refractivity contribution >= 4 is 33.4 Å². The molecule has 2 amide bonds. The van der Waals surface area contributed by atoms with Gasteiger partial charge in [0.25, 0.3) is 0 Å². The minimum Gasteiger partial charge on any atom is -0.353 e. The summed E-state index contributed by atoms with van der Waals surface area (Å²) in [6.45, 7) is 6.07. The van der Waals surface area contributed by atoms with E-state index < -0.39 is 0 Å². The molecule has 0 aliphatic heterocycles. The molecule has 1 aromatic rings. The number of carbonyl (C=O) groups is 2. The van der Waals surface area contributed by atoms with Gasteiger partial charge in [-0.05, 0) is 69.7 Å². The molecule has 0 aromatic heterocycles. The first-order valence-electron chi connectivity index (χ1n) is 8.78. The molecule has 0 saturated heterocycles. The normalized spacial score (nSPS) is 21.8. The van der Waals surface area contributed by atoms with Crippen molar-refractivity contribution in [1.29, 1.82) is 0 Å². The maximum absolute atomic E-state index is 12.5. The fourth-order valence-corrected chi connectivity index (χ4v) is 3.56. The highest BCUT2D eigenvalue weighted by atomic mass is 79.9. The Balaban J connectivity index is 1.85. The second kappa shape index (κ2) is 8.65. The quantitative estimate of drug-likeness (QED) is 0.776. The summed E-state index contributed by atoms with van der Waals surface area (Å²) in [5.41, 5.74) is 1.90. The maximum atomic E-state index is 12.5. The second-order valence-corrected chi connectivity index (χ2v) is 7.73. The van der Waals surface area contributed by atoms with Gasteiger partial charge in [-0.1, -0.05) is 22.9 Å². The molecule has 1 fully saturated rings. The first-order valence-corrected chi connectivity index (χ1v) is 9.57. The van der Waals surface area contributed by atoms with Gasteiger partial charge in [0.1, 0.15) is 0 Å². The van der Waals surface area contributed by atoms with E-state index >= 15 is 0 Å². The van der Waals surface area contributed by atoms with Crippen LogP contribution in [0.1, 0.15) is 51.5 Å². The van der Waals surface area contributed by atoms with Crippen molar-refractivity contribution in [3.8, 4) is 0 Å². The van der Waals surface area contributed by atoms with Gasteiger partial charge in [-0.3, -0.25) is 9.59 Å². The van der Waals surface area contributed by atoms with Gasteiger partial charge < -0.3 is 10.6 Å². The molecule has 1 unspecified atom stereocenters. The zero-order valence-electron chi connectivity index (χ0n) is 14.7. The monoisotopic (exact) mass is 394 g/mol. The third-order valence-corrected chi connectivity index (χ3v) is 5.41. The number of halogens is 1. The number of anilines is 1. The smallest absolute Gasteiger partial charge is 0.227 e. The Labute approximate surface area is 152 Å². The summed E-state index contributed by atoms with van der Waals surface area (Å²) in [5, 5.41) is 6.08. The van der Waals surface area contributed by atoms with E-state index in [0.29, 0.717) is 0 Å². The number of amides is 2. The van der Waals surface area contributed by atoms with Crippen molar-refractivity contribution in [2.24, 2.45) is 11.8 Å². The Morgan fingerprint density at radius 1 is 1.17 bits per heavy atom. The molecule has 1 aromatic carbocycles. The molecular weight excluding hydrogens is 368 g/mol. The van der Waals surface area contributed by atoms with E-state index in [1.54, 1.807) is 0 Å². The Morgan fingerprint density at radius 3 is 2.29 bits per heavy atom. The van der Waals surface area contributed by atoms with E-state index in [-0.39, 0.29) is 29.7 Å². The summed E-state index contributed by atoms with van der Waals surface area (Å²) < 4.78 is 1.01. The molecule has 4 nitrogen and oxygen atoms in total. The summed E-state index contributed by atoms with van der Waals surface area (Å²) in [4.78, 5) is 24.7. The number of carbonyl (C=O) groups excluding carboxylic acids is 2. The minimum atomic E-state index is 0.000644. The third kappa shape index (κ3) is 5.07. The van der Waals surface area contributed by atoms with Crippen molar-refractivity contribution in [3.63, 3.8) is 0 Å². The van der Waals surface area contributed by atoms with Crippen LogP contribution in [-0.2, 0) is 9.59 Å². The lowest BCUT2D eigenvalue weighted by Crippen LogP contribution is -2.39. The van der Waals surface area contributed by atoms with Gasteiger partial charge in [0.2, 0.25) is 11.8 Å². The Morgan fingerprint density at radius 2 is 1.75 bits per heavy atom. The lowest BCUT2D eigenvalue weighted by molar-refractivity contribution is -0.129. The number of nitrogens with one attached hydrogen (secondary N) is 2. The molecule has 0 radical (unpaired) electrons. The van der Waals surface area contributed by atoms with Crippen LogP contribution < -0.4 is 10.6 Å². The molecule has 1 aliphatic carbocycles. The highest BCUT2D eigenvalue weighted by Gasteiger charge is 2.30. The summed E-state index contributed by atoms with van der Waals surface area (Å²) >= 11 is 3.43. The lowest BCUT2D eigenvalue weighted by atomic mass is 9.81. The summed E-state index contributed by atoms with van der Waals surface area (Å²) in [7, 11) is 0. The molecule has 1 aliphatic rings. The van der Waals surface area contributed by atoms with Crippen LogP contribution in [0.2, 0.25) is 0 Å². The van der Waals surface area contributed by atoms with Crippen LogP contribution >= 0.6 is 15.9 Å². The highest BCUT2D eigenvalue weighted by Crippen LogP contribution is 2.30. The van der Waals surface area contributed by atoms with Crippen LogP contribution in [0.25, 0.3) is 0 Å². The number of hydrogen-bond acceptors (Lipinski definition) is 2. The molecule has 2 rings (SSSR count). The molecule has 132 valence electrons. The molecule has 24 heavy (non-hydrogen) atoms. The van der Waals surface area contributed by atoms with Crippen LogP contribution in [0.4, 0.5) is 5.69 Å². The fourth-order valence-electron chi connectivity index (χ4n) is 3.08. The van der Waals surface area contributed by atoms with Gasteiger partial charge in [0, 0.05) is 28.0 Å². The van der Waals surface area contributed by atoms with E-state index in [1.165, 1.54) is 0 Å². The molecule has 0 bridgehead atoms. The maximum Gasteiger partial charge on any atom is 0.227 e. The molecule has 1 saturated carbocycles. The van der Waals surface area contributed by atoms with Crippen LogP contribution in [-0.4, -0.2) is 17.9 Å². The number of benzene rings is 1. The minimum absolute atomic E-state index is 0.000644. The zero-order valence-corrected chi connectivity index (χ0v) is 16.3. The largest absolute Gasteiger partial charge is 0.353 e. The molecule has 0 spiro atoms. The van der Waals surface area contributed by atoms with Crippen molar-refractivity contribution in [2.45, 2.75) is 58.9 Å². The fraction of sp³-hybridized carbons (Fsp3) is 0.579. The third-order valence-electron chi connectivity index (χ3n) is 4.92. The van der Waals surface area contributed by atoms with Crippen LogP contribution in [0.3, 0.4) is 0 Å². The Hall–Kier alpha value is -1.36. The van der Waals surface area contributed by atoms with E-state index in [1.807, 2.05) is 32.0 Å². The second-order valence-electron chi connectivity index (χ2n) is 6.81. The predicted molar refractivity (Wildman–Crippen MR) is 101 cm³/mol. The van der Waals surface area contributed by atoms with Crippen LogP contribution in [0.5, 0.6) is 0 Å². The standard InChI is InChI=1S/C19H27BrN2O2/c1-4-13(3)21-18(23)14-5-7-15(8-6-14)19(24)22-17-10-9-16(20)11-12(17)2/h9-11,13-15H,4-8H2,1-3H3,(H,21,23)(H,22,24). The van der Waals surface area contributed by atoms with Gasteiger partial charge >= 0.3 is 0 Å². The predicted octanol–water partition coefficient (Wildman–Crippen LogP) is 4.42. The SMILES string of the molecule is CCC(C)NC(=O)C1CCC(C(=O)Nc2ccc(Br)cc2C)CC1. The van der Waals surface area contributed by atoms with Gasteiger partial charge in [-0.25, -0.2) is 0 Å². The molecule has 0 heterocycles. The van der Waals surface area contributed by atoms with Crippen LogP contribution in [0, 0.1) is 18.8 Å². The first-order chi connectivity index (χ1) is 11.4. The van der Waals surface area contributed by atoms with E-state index in [0.717, 1.165) is 47.8 Å². The number of hydrogen-bond donors (Lipinski definition) is 2. The van der Waals surface area contributed by atoms with Crippen LogP contribution in [0.15, 0.2) is 22.7 Å². The van der Waals surface area contributed by atoms with Crippen molar-refractivity contribution < 1.29 is 9.59 Å². The highest BCUT2D eigenvalue weighted by molar-refractivity contribution is 9.10. The van der Waals surface area contributed by atoms with E-state index in [2.05, 4.69) is 33.5 Å². The molecule has 5 heteroatoms. The summed E-state index contributed by atoms with van der Waals surface area (Å²) in [6.07, 6.45) is 4.08. The average Bonchev–Trinajstić information content (AvgIpc) is 2.57.